The quantitative estimate of drug-likeness (QED) is 0.882. The lowest BCUT2D eigenvalue weighted by atomic mass is 10.1. The van der Waals surface area contributed by atoms with Crippen molar-refractivity contribution in [2.24, 2.45) is 5.73 Å². The van der Waals surface area contributed by atoms with Crippen LogP contribution in [0.4, 0.5) is 0 Å². The van der Waals surface area contributed by atoms with Crippen LogP contribution in [0.15, 0.2) is 22.7 Å². The van der Waals surface area contributed by atoms with Gasteiger partial charge in [-0.15, -0.1) is 0 Å². The summed E-state index contributed by atoms with van der Waals surface area (Å²) in [6.45, 7) is 0.718. The molecule has 0 aromatic heterocycles. The molecular formula is C10H14BrNO. The molecule has 0 saturated carbocycles. The van der Waals surface area contributed by atoms with E-state index in [-0.39, 0.29) is 0 Å². The summed E-state index contributed by atoms with van der Waals surface area (Å²) in [6.07, 6.45) is 1.96. The molecule has 0 unspecified atom stereocenters. The highest BCUT2D eigenvalue weighted by Crippen LogP contribution is 2.23. The standard InChI is InChI=1S/C10H14BrNO/c1-13-10-5-4-9(11)7-8(10)3-2-6-12/h4-5,7H,2-3,6,12H2,1H3. The number of benzene rings is 1. The van der Waals surface area contributed by atoms with Crippen molar-refractivity contribution in [3.8, 4) is 5.75 Å². The lowest BCUT2D eigenvalue weighted by molar-refractivity contribution is 0.409. The molecule has 72 valence electrons. The Morgan fingerprint density at radius 3 is 2.85 bits per heavy atom. The van der Waals surface area contributed by atoms with Crippen molar-refractivity contribution in [2.75, 3.05) is 13.7 Å². The molecule has 0 spiro atoms. The fourth-order valence-corrected chi connectivity index (χ4v) is 1.64. The van der Waals surface area contributed by atoms with Crippen molar-refractivity contribution in [3.63, 3.8) is 0 Å². The van der Waals surface area contributed by atoms with Crippen LogP contribution in [0, 0.1) is 0 Å². The number of halogens is 1. The molecule has 1 rings (SSSR count). The monoisotopic (exact) mass is 243 g/mol. The Hall–Kier alpha value is -0.540. The van der Waals surface area contributed by atoms with Crippen molar-refractivity contribution in [1.29, 1.82) is 0 Å². The molecule has 2 N–H and O–H groups in total. The summed E-state index contributed by atoms with van der Waals surface area (Å²) in [4.78, 5) is 0. The second-order valence-corrected chi connectivity index (χ2v) is 3.76. The van der Waals surface area contributed by atoms with Crippen molar-refractivity contribution < 1.29 is 4.74 Å². The lowest BCUT2D eigenvalue weighted by Crippen LogP contribution is -2.01. The molecule has 0 amide bonds. The first-order chi connectivity index (χ1) is 6.27. The van der Waals surface area contributed by atoms with E-state index in [0.29, 0.717) is 0 Å². The van der Waals surface area contributed by atoms with E-state index in [2.05, 4.69) is 22.0 Å². The van der Waals surface area contributed by atoms with Crippen LogP contribution in [0.5, 0.6) is 5.75 Å². The van der Waals surface area contributed by atoms with E-state index < -0.39 is 0 Å². The van der Waals surface area contributed by atoms with Gasteiger partial charge in [0.2, 0.25) is 0 Å². The molecule has 0 aliphatic heterocycles. The molecule has 0 heterocycles. The van der Waals surface area contributed by atoms with Gasteiger partial charge in [0.15, 0.2) is 0 Å². The van der Waals surface area contributed by atoms with E-state index in [0.717, 1.165) is 29.6 Å². The van der Waals surface area contributed by atoms with Crippen molar-refractivity contribution in [3.05, 3.63) is 28.2 Å². The van der Waals surface area contributed by atoms with E-state index in [1.807, 2.05) is 12.1 Å². The van der Waals surface area contributed by atoms with E-state index in [9.17, 15) is 0 Å². The molecule has 0 aliphatic carbocycles. The maximum Gasteiger partial charge on any atom is 0.122 e. The number of methoxy groups -OCH3 is 1. The Morgan fingerprint density at radius 1 is 1.46 bits per heavy atom. The second-order valence-electron chi connectivity index (χ2n) is 2.85. The highest BCUT2D eigenvalue weighted by atomic mass is 79.9. The van der Waals surface area contributed by atoms with Crippen molar-refractivity contribution >= 4 is 15.9 Å². The second kappa shape index (κ2) is 5.25. The predicted octanol–water partition coefficient (Wildman–Crippen LogP) is 2.35. The number of hydrogen-bond donors (Lipinski definition) is 1. The molecule has 0 radical (unpaired) electrons. The number of aryl methyl sites for hydroxylation is 1. The molecule has 0 bridgehead atoms. The summed E-state index contributed by atoms with van der Waals surface area (Å²) in [7, 11) is 1.69. The summed E-state index contributed by atoms with van der Waals surface area (Å²) in [6, 6.07) is 6.02. The zero-order valence-corrected chi connectivity index (χ0v) is 9.30. The number of nitrogens with two attached hydrogens (primary N) is 1. The Balaban J connectivity index is 2.81. The van der Waals surface area contributed by atoms with Crippen LogP contribution in [0.2, 0.25) is 0 Å². The van der Waals surface area contributed by atoms with Crippen molar-refractivity contribution in [1.82, 2.24) is 0 Å². The van der Waals surface area contributed by atoms with Gasteiger partial charge in [-0.1, -0.05) is 15.9 Å². The van der Waals surface area contributed by atoms with Gasteiger partial charge in [0, 0.05) is 4.47 Å². The summed E-state index contributed by atoms with van der Waals surface area (Å²) in [5, 5.41) is 0. The van der Waals surface area contributed by atoms with Gasteiger partial charge in [-0.2, -0.15) is 0 Å². The number of ether oxygens (including phenoxy) is 1. The molecule has 1 aromatic rings. The van der Waals surface area contributed by atoms with E-state index in [1.54, 1.807) is 7.11 Å². The molecule has 3 heteroatoms. The van der Waals surface area contributed by atoms with Gasteiger partial charge in [0.1, 0.15) is 5.75 Å². The molecule has 2 nitrogen and oxygen atoms in total. The van der Waals surface area contributed by atoms with Gasteiger partial charge in [-0.05, 0) is 43.1 Å². The van der Waals surface area contributed by atoms with Crippen LogP contribution < -0.4 is 10.5 Å². The summed E-state index contributed by atoms with van der Waals surface area (Å²) >= 11 is 3.43. The average molecular weight is 244 g/mol. The Bertz CT molecular complexity index is 276. The fraction of sp³-hybridized carbons (Fsp3) is 0.400. The highest BCUT2D eigenvalue weighted by Gasteiger charge is 2.02. The van der Waals surface area contributed by atoms with Crippen LogP contribution in [-0.4, -0.2) is 13.7 Å². The minimum absolute atomic E-state index is 0.718. The Kier molecular flexibility index (Phi) is 4.25. The van der Waals surface area contributed by atoms with E-state index >= 15 is 0 Å². The fourth-order valence-electron chi connectivity index (χ4n) is 1.24. The normalized spacial score (nSPS) is 10.1. The van der Waals surface area contributed by atoms with Crippen molar-refractivity contribution in [2.45, 2.75) is 12.8 Å². The summed E-state index contributed by atoms with van der Waals surface area (Å²) in [5.41, 5.74) is 6.66. The van der Waals surface area contributed by atoms with Crippen LogP contribution in [0.3, 0.4) is 0 Å². The van der Waals surface area contributed by atoms with Gasteiger partial charge in [0.25, 0.3) is 0 Å². The lowest BCUT2D eigenvalue weighted by Gasteiger charge is -2.07. The molecule has 0 saturated heterocycles. The Morgan fingerprint density at radius 2 is 2.23 bits per heavy atom. The molecular weight excluding hydrogens is 230 g/mol. The molecule has 1 aromatic carbocycles. The first-order valence-electron chi connectivity index (χ1n) is 4.30. The van der Waals surface area contributed by atoms with E-state index in [4.69, 9.17) is 10.5 Å². The maximum absolute atomic E-state index is 5.45. The number of rotatable bonds is 4. The third kappa shape index (κ3) is 3.01. The number of hydrogen-bond acceptors (Lipinski definition) is 2. The van der Waals surface area contributed by atoms with Gasteiger partial charge in [-0.3, -0.25) is 0 Å². The SMILES string of the molecule is COc1ccc(Br)cc1CCCN. The smallest absolute Gasteiger partial charge is 0.122 e. The molecule has 0 fully saturated rings. The zero-order chi connectivity index (χ0) is 9.68. The predicted molar refractivity (Wildman–Crippen MR) is 58.1 cm³/mol. The molecule has 13 heavy (non-hydrogen) atoms. The van der Waals surface area contributed by atoms with E-state index in [1.165, 1.54) is 5.56 Å². The summed E-state index contributed by atoms with van der Waals surface area (Å²) in [5.74, 6) is 0.941. The third-order valence-corrected chi connectivity index (χ3v) is 2.39. The summed E-state index contributed by atoms with van der Waals surface area (Å²) < 4.78 is 6.32. The molecule has 0 aliphatic rings. The first kappa shape index (κ1) is 10.5. The van der Waals surface area contributed by atoms with Gasteiger partial charge in [0.05, 0.1) is 7.11 Å². The average Bonchev–Trinajstić information content (AvgIpc) is 2.15. The maximum atomic E-state index is 5.45. The van der Waals surface area contributed by atoms with Gasteiger partial charge < -0.3 is 10.5 Å². The minimum atomic E-state index is 0.718. The largest absolute Gasteiger partial charge is 0.496 e. The first-order valence-corrected chi connectivity index (χ1v) is 5.09. The van der Waals surface area contributed by atoms with Gasteiger partial charge >= 0.3 is 0 Å². The topological polar surface area (TPSA) is 35.2 Å². The van der Waals surface area contributed by atoms with Crippen LogP contribution >= 0.6 is 15.9 Å². The molecule has 0 atom stereocenters. The highest BCUT2D eigenvalue weighted by molar-refractivity contribution is 9.10. The minimum Gasteiger partial charge on any atom is -0.496 e. The van der Waals surface area contributed by atoms with Crippen LogP contribution in [-0.2, 0) is 6.42 Å². The Labute approximate surface area is 87.2 Å². The van der Waals surface area contributed by atoms with Crippen LogP contribution in [0.25, 0.3) is 0 Å². The van der Waals surface area contributed by atoms with Crippen LogP contribution in [0.1, 0.15) is 12.0 Å². The van der Waals surface area contributed by atoms with Gasteiger partial charge in [-0.25, -0.2) is 0 Å². The zero-order valence-electron chi connectivity index (χ0n) is 7.72. The third-order valence-electron chi connectivity index (χ3n) is 1.89.